The Kier molecular flexibility index (Phi) is 3.32. The first-order valence-electron chi connectivity index (χ1n) is 5.56. The number of carboxylic acids is 1. The van der Waals surface area contributed by atoms with Crippen LogP contribution in [0.15, 0.2) is 34.7 Å². The smallest absolute Gasteiger partial charge is 0.325 e. The van der Waals surface area contributed by atoms with E-state index in [2.05, 4.69) is 5.32 Å². The molecule has 94 valence electrons. The molecule has 0 saturated heterocycles. The molecular formula is C13H13NO4. The van der Waals surface area contributed by atoms with E-state index in [0.29, 0.717) is 11.3 Å². The van der Waals surface area contributed by atoms with Crippen LogP contribution in [0, 0.1) is 0 Å². The largest absolute Gasteiger partial charge is 0.480 e. The van der Waals surface area contributed by atoms with Crippen LogP contribution in [0.2, 0.25) is 0 Å². The Morgan fingerprint density at radius 2 is 2.11 bits per heavy atom. The summed E-state index contributed by atoms with van der Waals surface area (Å²) < 4.78 is 5.47. The number of rotatable bonds is 4. The van der Waals surface area contributed by atoms with Gasteiger partial charge in [-0.3, -0.25) is 9.59 Å². The van der Waals surface area contributed by atoms with Crippen molar-refractivity contribution in [1.29, 1.82) is 0 Å². The van der Waals surface area contributed by atoms with E-state index in [4.69, 9.17) is 9.52 Å². The van der Waals surface area contributed by atoms with Gasteiger partial charge in [-0.2, -0.15) is 0 Å². The fourth-order valence-electron chi connectivity index (χ4n) is 1.64. The highest BCUT2D eigenvalue weighted by molar-refractivity contribution is 5.85. The molecule has 2 aromatic rings. The van der Waals surface area contributed by atoms with Crippen molar-refractivity contribution < 1.29 is 19.1 Å². The number of carbonyl (C=O) groups excluding carboxylic acids is 1. The van der Waals surface area contributed by atoms with Gasteiger partial charge in [-0.15, -0.1) is 0 Å². The number of carboxylic acid groups (broad SMARTS) is 1. The van der Waals surface area contributed by atoms with Crippen LogP contribution < -0.4 is 5.32 Å². The van der Waals surface area contributed by atoms with E-state index in [0.717, 1.165) is 5.39 Å². The number of carbonyl (C=O) groups is 2. The molecular weight excluding hydrogens is 234 g/mol. The van der Waals surface area contributed by atoms with Crippen molar-refractivity contribution in [2.24, 2.45) is 0 Å². The molecule has 0 aliphatic heterocycles. The van der Waals surface area contributed by atoms with Crippen LogP contribution in [0.1, 0.15) is 12.7 Å². The summed E-state index contributed by atoms with van der Waals surface area (Å²) in [5.41, 5.74) is 0.714. The van der Waals surface area contributed by atoms with Crippen LogP contribution in [0.4, 0.5) is 0 Å². The minimum Gasteiger partial charge on any atom is -0.480 e. The zero-order chi connectivity index (χ0) is 13.1. The SMILES string of the molecule is CC(NC(=O)Cc1cc2ccccc2o1)C(=O)O. The summed E-state index contributed by atoms with van der Waals surface area (Å²) in [4.78, 5) is 22.2. The Hall–Kier alpha value is -2.30. The van der Waals surface area contributed by atoms with E-state index in [1.54, 1.807) is 6.07 Å². The molecule has 0 saturated carbocycles. The molecule has 1 aromatic carbocycles. The van der Waals surface area contributed by atoms with Gasteiger partial charge in [-0.05, 0) is 19.1 Å². The van der Waals surface area contributed by atoms with Crippen LogP contribution in [0.5, 0.6) is 0 Å². The summed E-state index contributed by atoms with van der Waals surface area (Å²) >= 11 is 0. The highest BCUT2D eigenvalue weighted by Gasteiger charge is 2.15. The molecule has 5 nitrogen and oxygen atoms in total. The maximum atomic E-state index is 11.6. The van der Waals surface area contributed by atoms with E-state index in [1.165, 1.54) is 6.92 Å². The van der Waals surface area contributed by atoms with Gasteiger partial charge in [0, 0.05) is 5.39 Å². The quantitative estimate of drug-likeness (QED) is 0.859. The maximum Gasteiger partial charge on any atom is 0.325 e. The first-order chi connectivity index (χ1) is 8.56. The molecule has 0 spiro atoms. The number of amides is 1. The van der Waals surface area contributed by atoms with E-state index in [-0.39, 0.29) is 12.3 Å². The second kappa shape index (κ2) is 4.91. The van der Waals surface area contributed by atoms with Crippen molar-refractivity contribution in [2.75, 3.05) is 0 Å². The van der Waals surface area contributed by atoms with Gasteiger partial charge in [0.1, 0.15) is 17.4 Å². The number of furan rings is 1. The predicted octanol–water partition coefficient (Wildman–Crippen LogP) is 1.56. The van der Waals surface area contributed by atoms with Gasteiger partial charge in [-0.25, -0.2) is 0 Å². The second-order valence-electron chi connectivity index (χ2n) is 4.05. The van der Waals surface area contributed by atoms with Crippen molar-refractivity contribution in [3.63, 3.8) is 0 Å². The highest BCUT2D eigenvalue weighted by Crippen LogP contribution is 2.18. The Morgan fingerprint density at radius 1 is 1.39 bits per heavy atom. The Morgan fingerprint density at radius 3 is 2.78 bits per heavy atom. The molecule has 2 N–H and O–H groups in total. The normalized spacial score (nSPS) is 12.3. The number of fused-ring (bicyclic) bond motifs is 1. The van der Waals surface area contributed by atoms with Crippen molar-refractivity contribution in [1.82, 2.24) is 5.32 Å². The standard InChI is InChI=1S/C13H13NO4/c1-8(13(16)17)14-12(15)7-10-6-9-4-2-3-5-11(9)18-10/h2-6,8H,7H2,1H3,(H,14,15)(H,16,17). The molecule has 2 rings (SSSR count). The summed E-state index contributed by atoms with van der Waals surface area (Å²) in [5.74, 6) is -0.914. The number of para-hydroxylation sites is 1. The first kappa shape index (κ1) is 12.2. The number of nitrogens with one attached hydrogen (secondary N) is 1. The van der Waals surface area contributed by atoms with E-state index in [9.17, 15) is 9.59 Å². The molecule has 0 aliphatic carbocycles. The van der Waals surface area contributed by atoms with E-state index < -0.39 is 12.0 Å². The molecule has 1 aromatic heterocycles. The van der Waals surface area contributed by atoms with Crippen LogP contribution in [0.25, 0.3) is 11.0 Å². The molecule has 1 atom stereocenters. The number of hydrogen-bond acceptors (Lipinski definition) is 3. The van der Waals surface area contributed by atoms with Crippen molar-refractivity contribution in [2.45, 2.75) is 19.4 Å². The lowest BCUT2D eigenvalue weighted by Crippen LogP contribution is -2.39. The third kappa shape index (κ3) is 2.68. The number of aliphatic carboxylic acids is 1. The summed E-state index contributed by atoms with van der Waals surface area (Å²) in [6, 6.07) is 8.31. The van der Waals surface area contributed by atoms with Gasteiger partial charge < -0.3 is 14.8 Å². The lowest BCUT2D eigenvalue weighted by Gasteiger charge is -2.07. The van der Waals surface area contributed by atoms with Gasteiger partial charge in [0.05, 0.1) is 6.42 Å². The van der Waals surface area contributed by atoms with Crippen molar-refractivity contribution in [3.05, 3.63) is 36.1 Å². The molecule has 5 heteroatoms. The average Bonchev–Trinajstić information content (AvgIpc) is 2.70. The Bertz CT molecular complexity index is 554. The number of benzene rings is 1. The molecule has 1 amide bonds. The second-order valence-corrected chi connectivity index (χ2v) is 4.05. The zero-order valence-electron chi connectivity index (χ0n) is 9.84. The Labute approximate surface area is 103 Å². The summed E-state index contributed by atoms with van der Waals surface area (Å²) in [6.07, 6.45) is 0.0340. The monoisotopic (exact) mass is 247 g/mol. The Balaban J connectivity index is 2.05. The predicted molar refractivity (Wildman–Crippen MR) is 65.2 cm³/mol. The van der Waals surface area contributed by atoms with Crippen LogP contribution in [0.3, 0.4) is 0 Å². The first-order valence-corrected chi connectivity index (χ1v) is 5.56. The van der Waals surface area contributed by atoms with Gasteiger partial charge in [0.25, 0.3) is 0 Å². The zero-order valence-corrected chi connectivity index (χ0v) is 9.84. The fraction of sp³-hybridized carbons (Fsp3) is 0.231. The maximum absolute atomic E-state index is 11.6. The van der Waals surface area contributed by atoms with Crippen molar-refractivity contribution >= 4 is 22.8 Å². The lowest BCUT2D eigenvalue weighted by molar-refractivity contribution is -0.141. The molecule has 0 radical (unpaired) electrons. The van der Waals surface area contributed by atoms with E-state index >= 15 is 0 Å². The number of hydrogen-bond donors (Lipinski definition) is 2. The summed E-state index contributed by atoms with van der Waals surface area (Å²) in [5, 5.41) is 12.0. The summed E-state index contributed by atoms with van der Waals surface area (Å²) in [6.45, 7) is 1.42. The fourth-order valence-corrected chi connectivity index (χ4v) is 1.64. The molecule has 1 heterocycles. The van der Waals surface area contributed by atoms with E-state index in [1.807, 2.05) is 24.3 Å². The molecule has 18 heavy (non-hydrogen) atoms. The van der Waals surface area contributed by atoms with Crippen molar-refractivity contribution in [3.8, 4) is 0 Å². The van der Waals surface area contributed by atoms with Gasteiger partial charge in [0.2, 0.25) is 5.91 Å². The van der Waals surface area contributed by atoms with Crippen LogP contribution >= 0.6 is 0 Å². The average molecular weight is 247 g/mol. The molecule has 0 bridgehead atoms. The van der Waals surface area contributed by atoms with Gasteiger partial charge >= 0.3 is 5.97 Å². The molecule has 1 unspecified atom stereocenters. The summed E-state index contributed by atoms with van der Waals surface area (Å²) in [7, 11) is 0. The van der Waals surface area contributed by atoms with Crippen LogP contribution in [-0.2, 0) is 16.0 Å². The third-order valence-electron chi connectivity index (χ3n) is 2.56. The minimum atomic E-state index is -1.06. The molecule has 0 fully saturated rings. The highest BCUT2D eigenvalue weighted by atomic mass is 16.4. The van der Waals surface area contributed by atoms with Crippen LogP contribution in [-0.4, -0.2) is 23.0 Å². The lowest BCUT2D eigenvalue weighted by atomic mass is 10.2. The minimum absolute atomic E-state index is 0.0340. The van der Waals surface area contributed by atoms with Gasteiger partial charge in [-0.1, -0.05) is 18.2 Å². The topological polar surface area (TPSA) is 79.5 Å². The third-order valence-corrected chi connectivity index (χ3v) is 2.56. The van der Waals surface area contributed by atoms with Gasteiger partial charge in [0.15, 0.2) is 0 Å². The molecule has 0 aliphatic rings.